The number of nitrogens with one attached hydrogen (secondary N) is 4. The number of ether oxygens (including phenoxy) is 5. The largest absolute Gasteiger partial charge is 0.507 e. The molecule has 6 aliphatic heterocycles. The first-order valence-corrected chi connectivity index (χ1v) is 42.8. The minimum Gasteiger partial charge on any atom is -0.507 e. The van der Waals surface area contributed by atoms with Crippen LogP contribution in [0.25, 0.3) is 22.6 Å². The Hall–Kier alpha value is -11.8. The van der Waals surface area contributed by atoms with E-state index in [1.165, 1.54) is 113 Å². The Balaban J connectivity index is 0.000000367. The highest BCUT2D eigenvalue weighted by atomic mass is 35.5. The number of nitrogen functional groups attached to an aromatic ring is 1. The van der Waals surface area contributed by atoms with Crippen LogP contribution in [0.3, 0.4) is 0 Å². The molecule has 16 atom stereocenters. The van der Waals surface area contributed by atoms with E-state index in [-0.39, 0.29) is 107 Å². The van der Waals surface area contributed by atoms with E-state index in [2.05, 4.69) is 21.3 Å². The number of nitrogens with two attached hydrogens (primary N) is 2. The van der Waals surface area contributed by atoms with E-state index < -0.39 is 273 Å². The molecule has 12 N–H and O–H groups in total. The molecular weight excluding hydrogens is 1700 g/mol. The van der Waals surface area contributed by atoms with Crippen molar-refractivity contribution in [3.63, 3.8) is 0 Å². The van der Waals surface area contributed by atoms with E-state index in [1.54, 1.807) is 69.2 Å². The van der Waals surface area contributed by atoms with Crippen molar-refractivity contribution in [2.45, 2.75) is 239 Å². The monoisotopic (exact) mass is 1820 g/mol. The topological polar surface area (TPSA) is 546 Å². The summed E-state index contributed by atoms with van der Waals surface area (Å²) >= 11 is 0. The number of ketones is 3. The van der Waals surface area contributed by atoms with Gasteiger partial charge in [0.25, 0.3) is 11.8 Å². The highest BCUT2D eigenvalue weighted by molar-refractivity contribution is 6.31. The van der Waals surface area contributed by atoms with Crippen molar-refractivity contribution in [2.75, 3.05) is 67.2 Å². The van der Waals surface area contributed by atoms with Crippen LogP contribution >= 0.6 is 12.4 Å². The molecule has 129 heavy (non-hydrogen) atoms. The van der Waals surface area contributed by atoms with Crippen molar-refractivity contribution in [1.82, 2.24) is 55.7 Å². The quantitative estimate of drug-likeness (QED) is 0.0363. The number of carbonyl (C=O) groups excluding carboxylic acids is 15. The fourth-order valence-corrected chi connectivity index (χ4v) is 17.9. The predicted octanol–water partition coefficient (Wildman–Crippen LogP) is 2.18. The number of halogens is 1. The molecule has 9 aliphatic rings. The Morgan fingerprint density at radius 3 is 1.63 bits per heavy atom. The van der Waals surface area contributed by atoms with Crippen LogP contribution in [0.4, 0.5) is 5.69 Å². The molecule has 700 valence electrons. The molecule has 3 aliphatic carbocycles. The molecule has 12 rings (SSSR count). The predicted molar refractivity (Wildman–Crippen MR) is 463 cm³/mol. The number of aryl methyl sites for hydroxylation is 1. The Kier molecular flexibility index (Phi) is 30.3. The maximum atomic E-state index is 15.2. The standard InChI is InChI=1S/C62H86N12O16.C27H29NO10.ClH/c1-27(2)42-59(84)73-23-17-19-36(73)57(82)69(13)25-38(75)71(15)48(29(5)6)61(86)88-33(11)44(55(80)65-42)67-53(78)35-22-21-31(9)51-46(35)64-47-40(41(63)50(77)32(10)52(47)90-51)54(79)68-45-34(12)89-62(87)49(30(7)8)72(16)39(76)26-70(14)58(83)37-20-18-24-74(37)60(85)43(28(3)4)66-56(45)81;1-10-22(30)14(28)7-17(37-10)38-16-9-27(35,11(2)29)8-13-19(16)26(34)21-20(24(13)32)23(31)12-5-4-6-15(36-3)18(12)25(21)33;/h21-22,27-30,33-34,36-37,42-45,48-49H,17-20,23-26,63H2,1-16H3,(H,65,80)(H,66,81)(H,67,78)(H,68,79);4-6,10,14,16-17,22,30,32,34-35H,7-9,28H2,1-3H3;1H/t;10?,14?,16-,17?,22?,27-;/m.0./s1. The lowest BCUT2D eigenvalue weighted by Gasteiger charge is -2.42. The van der Waals surface area contributed by atoms with Gasteiger partial charge in [-0.1, -0.05) is 73.6 Å². The third-order valence-electron chi connectivity index (χ3n) is 25.3. The third-order valence-corrected chi connectivity index (χ3v) is 25.3. The maximum absolute atomic E-state index is 15.2. The minimum atomic E-state index is -2.00. The van der Waals surface area contributed by atoms with Gasteiger partial charge >= 0.3 is 11.9 Å². The lowest BCUT2D eigenvalue weighted by atomic mass is 9.72. The molecule has 5 fully saturated rings. The number of aliphatic hydroxyl groups is 2. The van der Waals surface area contributed by atoms with Crippen LogP contribution in [0.1, 0.15) is 203 Å². The number of hydrogen-bond donors (Lipinski definition) is 10. The first-order chi connectivity index (χ1) is 60.0. The van der Waals surface area contributed by atoms with E-state index in [0.717, 1.165) is 9.80 Å². The fourth-order valence-electron chi connectivity index (χ4n) is 17.9. The number of Topliss-reactive ketones (excluding diaryl/α,β-unsaturated/α-hetero) is 1. The van der Waals surface area contributed by atoms with E-state index in [9.17, 15) is 87.5 Å². The Morgan fingerprint density at radius 2 is 1.16 bits per heavy atom. The number of carbonyl (C=O) groups is 15. The summed E-state index contributed by atoms with van der Waals surface area (Å²) in [5.41, 5.74) is 6.54. The van der Waals surface area contributed by atoms with Gasteiger partial charge in [0, 0.05) is 88.8 Å². The number of nitrogens with zero attached hydrogens (tertiary/aromatic N) is 7. The fraction of sp³-hybridized carbons (Fsp3) is 0.562. The number of amides is 10. The molecule has 0 spiro atoms. The molecule has 6 heterocycles. The second-order valence-corrected chi connectivity index (χ2v) is 35.7. The number of likely N-dealkylation sites (N-methyl/N-ethyl adjacent to an activating group) is 4. The van der Waals surface area contributed by atoms with E-state index in [4.69, 9.17) is 44.6 Å². The number of cyclic esters (lactones) is 2. The molecule has 0 saturated carbocycles. The number of fused-ring (bicyclic) bond motifs is 7. The van der Waals surface area contributed by atoms with Gasteiger partial charge in [-0.3, -0.25) is 67.1 Å². The summed E-state index contributed by atoms with van der Waals surface area (Å²) < 4.78 is 35.4. The van der Waals surface area contributed by atoms with E-state index >= 15 is 9.59 Å². The number of aliphatic hydroxyl groups excluding tert-OH is 1. The van der Waals surface area contributed by atoms with E-state index in [1.807, 2.05) is 0 Å². The first-order valence-electron chi connectivity index (χ1n) is 42.8. The highest BCUT2D eigenvalue weighted by Gasteiger charge is 2.52. The number of aromatic hydroxyl groups is 2. The number of anilines is 1. The second kappa shape index (κ2) is 39.3. The number of aromatic nitrogens is 1. The zero-order chi connectivity index (χ0) is 94.7. The molecule has 14 unspecified atom stereocenters. The molecule has 0 radical (unpaired) electrons. The average molecular weight is 1820 g/mol. The van der Waals surface area contributed by atoms with Crippen LogP contribution in [-0.2, 0) is 78.1 Å². The summed E-state index contributed by atoms with van der Waals surface area (Å²) in [6.07, 6.45) is -6.18. The number of benzene rings is 4. The van der Waals surface area contributed by atoms with Crippen LogP contribution in [0.5, 0.6) is 17.2 Å². The minimum absolute atomic E-state index is 0. The van der Waals surface area contributed by atoms with Crippen molar-refractivity contribution in [2.24, 2.45) is 29.4 Å². The van der Waals surface area contributed by atoms with Crippen LogP contribution in [0, 0.1) is 37.5 Å². The number of phenolic OH excluding ortho intramolecular Hbond substituents is 2. The summed E-state index contributed by atoms with van der Waals surface area (Å²) in [6.45, 7) is 21.2. The van der Waals surface area contributed by atoms with Gasteiger partial charge in [0.05, 0.1) is 72.0 Å². The van der Waals surface area contributed by atoms with Crippen LogP contribution in [0.2, 0.25) is 0 Å². The Bertz CT molecular complexity index is 5370. The lowest BCUT2D eigenvalue weighted by molar-refractivity contribution is -0.247. The van der Waals surface area contributed by atoms with Crippen molar-refractivity contribution in [3.8, 4) is 28.7 Å². The van der Waals surface area contributed by atoms with E-state index in [0.29, 0.717) is 18.4 Å². The normalized spacial score (nSPS) is 27.2. The van der Waals surface area contributed by atoms with Crippen molar-refractivity contribution >= 4 is 118 Å². The summed E-state index contributed by atoms with van der Waals surface area (Å²) in [7, 11) is 6.92. The number of esters is 2. The third kappa shape index (κ3) is 19.2. The summed E-state index contributed by atoms with van der Waals surface area (Å²) in [4.78, 5) is 239. The molecule has 5 saturated heterocycles. The number of phenols is 2. The van der Waals surface area contributed by atoms with Gasteiger partial charge < -0.3 is 111 Å². The van der Waals surface area contributed by atoms with Crippen molar-refractivity contribution in [1.29, 1.82) is 0 Å². The van der Waals surface area contributed by atoms with Gasteiger partial charge in [0.2, 0.25) is 58.5 Å². The zero-order valence-corrected chi connectivity index (χ0v) is 76.4. The number of hydrogen-bond acceptors (Lipinski definition) is 29. The smallest absolute Gasteiger partial charge is 0.329 e. The van der Waals surface area contributed by atoms with Crippen molar-refractivity contribution in [3.05, 3.63) is 96.2 Å². The zero-order valence-electron chi connectivity index (χ0n) is 75.6. The Labute approximate surface area is 750 Å². The molecule has 3 aromatic rings. The van der Waals surface area contributed by atoms with Crippen LogP contribution < -0.4 is 42.9 Å². The SMILES string of the molecule is COc1cccc2c1C(=O)c1c(O)c3c(c(O)c1C2=O)C[C@@](O)(C(C)=O)C[C@@H]3OC1CC(N)C(O)C(C)O1.Cc1c2oc3c(C)ccc(C(=O)NC4C(=O)NC(C(C)C)C(=O)N5CCCC5C(=O)N(C)CC(=O)N(C)C(C(C)C)C(=O)OC4C)c3nc-2c(C(=O)NC2C(=O)NC(C(C)C)C(=O)N3CCCC3C(=O)N(C)CC(=O)N(C)C(C(C)C)C(=O)OC2C)c(N)c1=O.Cl. The van der Waals surface area contributed by atoms with Crippen LogP contribution in [-0.4, -0.2) is 295 Å². The molecule has 0 aromatic heterocycles. The molecule has 39 nitrogen and oxygen atoms in total. The van der Waals surface area contributed by atoms with Gasteiger partial charge in [-0.25, -0.2) is 14.6 Å². The molecule has 3 aromatic carbocycles. The van der Waals surface area contributed by atoms with Gasteiger partial charge in [-0.2, -0.15) is 0 Å². The Morgan fingerprint density at radius 1 is 0.659 bits per heavy atom. The molecule has 10 amide bonds. The maximum Gasteiger partial charge on any atom is 0.329 e. The van der Waals surface area contributed by atoms with Crippen LogP contribution in [0.15, 0.2) is 39.5 Å². The number of rotatable bonds is 12. The lowest BCUT2D eigenvalue weighted by Crippen LogP contribution is -2.61. The van der Waals surface area contributed by atoms with Gasteiger partial charge in [0.15, 0.2) is 29.2 Å². The summed E-state index contributed by atoms with van der Waals surface area (Å²) in [5, 5.41) is 54.8. The van der Waals surface area contributed by atoms with Gasteiger partial charge in [0.1, 0.15) is 94.6 Å². The molecular formula is C89H116ClN13O26. The average Bonchev–Trinajstić information content (AvgIpc) is 1.38. The molecule has 40 heteroatoms. The summed E-state index contributed by atoms with van der Waals surface area (Å²) in [6, 6.07) is -4.15. The number of methoxy groups -OCH3 is 1. The molecule has 0 bridgehead atoms. The second-order valence-electron chi connectivity index (χ2n) is 35.7. The van der Waals surface area contributed by atoms with Gasteiger partial charge in [-0.15, -0.1) is 12.4 Å². The highest BCUT2D eigenvalue weighted by Crippen LogP contribution is 2.53. The first kappa shape index (κ1) is 99.4. The van der Waals surface area contributed by atoms with Gasteiger partial charge in [-0.05, 0) is 109 Å². The van der Waals surface area contributed by atoms with Crippen molar-refractivity contribution < 1.29 is 120 Å². The summed E-state index contributed by atoms with van der Waals surface area (Å²) in [5.74, 6) is -15.5.